The van der Waals surface area contributed by atoms with Gasteiger partial charge in [0.25, 0.3) is 0 Å². The molecule has 2 nitrogen and oxygen atoms in total. The van der Waals surface area contributed by atoms with Gasteiger partial charge in [0.05, 0.1) is 5.02 Å². The number of benzene rings is 1. The van der Waals surface area contributed by atoms with Gasteiger partial charge in [-0.1, -0.05) is 23.7 Å². The molecule has 0 amide bonds. The molecule has 1 unspecified atom stereocenters. The van der Waals surface area contributed by atoms with Crippen LogP contribution in [0.1, 0.15) is 5.56 Å². The summed E-state index contributed by atoms with van der Waals surface area (Å²) in [5.41, 5.74) is 0.532. The molecule has 0 aliphatic carbocycles. The first kappa shape index (κ1) is 12.6. The van der Waals surface area contributed by atoms with Crippen molar-refractivity contribution in [2.75, 3.05) is 18.6 Å². The van der Waals surface area contributed by atoms with E-state index < -0.39 is 10.8 Å². The van der Waals surface area contributed by atoms with E-state index in [0.29, 0.717) is 24.4 Å². The van der Waals surface area contributed by atoms with Crippen molar-refractivity contribution in [3.63, 3.8) is 0 Å². The summed E-state index contributed by atoms with van der Waals surface area (Å²) >= 11 is 5.63. The zero-order chi connectivity index (χ0) is 11.3. The Labute approximate surface area is 96.3 Å². The first-order valence-corrected chi connectivity index (χ1v) is 6.65. The highest BCUT2D eigenvalue weighted by Gasteiger charge is 2.04. The highest BCUT2D eigenvalue weighted by molar-refractivity contribution is 7.84. The van der Waals surface area contributed by atoms with E-state index in [1.54, 1.807) is 18.4 Å². The molecular weight excluding hydrogens is 237 g/mol. The van der Waals surface area contributed by atoms with Crippen LogP contribution in [-0.2, 0) is 17.3 Å². The summed E-state index contributed by atoms with van der Waals surface area (Å²) in [5.74, 6) is 0.187. The maximum Gasteiger partial charge on any atom is 0.146 e. The molecule has 0 bridgehead atoms. The molecule has 5 heteroatoms. The Kier molecular flexibility index (Phi) is 5.22. The lowest BCUT2D eigenvalue weighted by Crippen LogP contribution is -2.20. The average Bonchev–Trinajstić information content (AvgIpc) is 2.18. The fraction of sp³-hybridized carbons (Fsp3) is 0.400. The first-order chi connectivity index (χ1) is 7.11. The molecule has 1 aromatic rings. The molecule has 1 N–H and O–H groups in total. The summed E-state index contributed by atoms with van der Waals surface area (Å²) in [4.78, 5) is 0. The van der Waals surface area contributed by atoms with Crippen molar-refractivity contribution in [1.29, 1.82) is 0 Å². The topological polar surface area (TPSA) is 29.1 Å². The quantitative estimate of drug-likeness (QED) is 0.809. The second-order valence-corrected chi connectivity index (χ2v) is 5.13. The van der Waals surface area contributed by atoms with E-state index in [-0.39, 0.29) is 10.8 Å². The van der Waals surface area contributed by atoms with Crippen LogP contribution < -0.4 is 5.32 Å². The molecule has 1 rings (SSSR count). The molecule has 0 radical (unpaired) electrons. The average molecular weight is 250 g/mol. The highest BCUT2D eigenvalue weighted by Crippen LogP contribution is 2.17. The van der Waals surface area contributed by atoms with E-state index in [1.165, 1.54) is 6.07 Å². The molecule has 15 heavy (non-hydrogen) atoms. The van der Waals surface area contributed by atoms with Crippen molar-refractivity contribution in [3.05, 3.63) is 34.6 Å². The van der Waals surface area contributed by atoms with Crippen LogP contribution in [0.3, 0.4) is 0 Å². The number of nitrogens with one attached hydrogen (secondary N) is 1. The minimum Gasteiger partial charge on any atom is -0.312 e. The van der Waals surface area contributed by atoms with E-state index in [9.17, 15) is 8.60 Å². The zero-order valence-electron chi connectivity index (χ0n) is 8.43. The number of hydrogen-bond acceptors (Lipinski definition) is 2. The van der Waals surface area contributed by atoms with Gasteiger partial charge in [0.1, 0.15) is 5.82 Å². The Bertz CT molecular complexity index is 359. The molecule has 0 aliphatic rings. The molecule has 0 saturated carbocycles. The number of rotatable bonds is 5. The zero-order valence-corrected chi connectivity index (χ0v) is 10.00. The maximum absolute atomic E-state index is 13.4. The van der Waals surface area contributed by atoms with Gasteiger partial charge >= 0.3 is 0 Å². The lowest BCUT2D eigenvalue weighted by atomic mass is 10.2. The van der Waals surface area contributed by atoms with E-state index >= 15 is 0 Å². The van der Waals surface area contributed by atoms with E-state index in [4.69, 9.17) is 11.6 Å². The van der Waals surface area contributed by atoms with E-state index in [0.717, 1.165) is 0 Å². The van der Waals surface area contributed by atoms with Gasteiger partial charge in [-0.25, -0.2) is 4.39 Å². The summed E-state index contributed by atoms with van der Waals surface area (Å²) < 4.78 is 24.1. The van der Waals surface area contributed by atoms with Gasteiger partial charge < -0.3 is 5.32 Å². The Hall–Kier alpha value is -0.450. The summed E-state index contributed by atoms with van der Waals surface area (Å²) in [5, 5.41) is 3.14. The van der Waals surface area contributed by atoms with Crippen molar-refractivity contribution in [2.24, 2.45) is 0 Å². The van der Waals surface area contributed by atoms with Gasteiger partial charge in [0.15, 0.2) is 0 Å². The Morgan fingerprint density at radius 3 is 2.93 bits per heavy atom. The molecule has 0 spiro atoms. The fourth-order valence-electron chi connectivity index (χ4n) is 1.12. The van der Waals surface area contributed by atoms with Crippen LogP contribution >= 0.6 is 11.6 Å². The van der Waals surface area contributed by atoms with E-state index in [2.05, 4.69) is 5.32 Å². The van der Waals surface area contributed by atoms with Crippen LogP contribution in [0.5, 0.6) is 0 Å². The third kappa shape index (κ3) is 4.28. The predicted molar refractivity (Wildman–Crippen MR) is 62.1 cm³/mol. The normalized spacial score (nSPS) is 12.7. The first-order valence-electron chi connectivity index (χ1n) is 4.55. The molecule has 0 heterocycles. The van der Waals surface area contributed by atoms with Crippen molar-refractivity contribution in [3.8, 4) is 0 Å². The standard InChI is InChI=1S/C10H13ClFNOS/c1-15(14)6-5-13-7-8-3-2-4-9(11)10(8)12/h2-4,13H,5-7H2,1H3. The maximum atomic E-state index is 13.4. The van der Waals surface area contributed by atoms with Gasteiger partial charge in [0, 0.05) is 41.5 Å². The predicted octanol–water partition coefficient (Wildman–Crippen LogP) is 1.95. The summed E-state index contributed by atoms with van der Waals surface area (Å²) in [6, 6.07) is 4.90. The van der Waals surface area contributed by atoms with E-state index in [1.807, 2.05) is 0 Å². The van der Waals surface area contributed by atoms with Crippen LogP contribution in [0, 0.1) is 5.82 Å². The van der Waals surface area contributed by atoms with Gasteiger partial charge in [0.2, 0.25) is 0 Å². The highest BCUT2D eigenvalue weighted by atomic mass is 35.5. The van der Waals surface area contributed by atoms with Gasteiger partial charge in [-0.3, -0.25) is 4.21 Å². The molecule has 0 aliphatic heterocycles. The fourth-order valence-corrected chi connectivity index (χ4v) is 1.75. The Morgan fingerprint density at radius 1 is 1.53 bits per heavy atom. The summed E-state index contributed by atoms with van der Waals surface area (Å²) in [6.45, 7) is 1.01. The van der Waals surface area contributed by atoms with Gasteiger partial charge in [-0.2, -0.15) is 0 Å². The molecule has 1 atom stereocenters. The summed E-state index contributed by atoms with van der Waals surface area (Å²) in [7, 11) is -0.816. The Morgan fingerprint density at radius 2 is 2.27 bits per heavy atom. The largest absolute Gasteiger partial charge is 0.312 e. The van der Waals surface area contributed by atoms with Crippen LogP contribution in [0.15, 0.2) is 18.2 Å². The van der Waals surface area contributed by atoms with Gasteiger partial charge in [-0.15, -0.1) is 0 Å². The van der Waals surface area contributed by atoms with Crippen molar-refractivity contribution in [2.45, 2.75) is 6.54 Å². The van der Waals surface area contributed by atoms with Crippen molar-refractivity contribution < 1.29 is 8.60 Å². The molecule has 0 aromatic heterocycles. The second kappa shape index (κ2) is 6.20. The van der Waals surface area contributed by atoms with Crippen LogP contribution in [0.25, 0.3) is 0 Å². The molecule has 0 fully saturated rings. The molecule has 84 valence electrons. The van der Waals surface area contributed by atoms with Crippen molar-refractivity contribution in [1.82, 2.24) is 5.32 Å². The van der Waals surface area contributed by atoms with Crippen LogP contribution in [-0.4, -0.2) is 22.8 Å². The second-order valence-electron chi connectivity index (χ2n) is 3.17. The molecule has 0 saturated heterocycles. The SMILES string of the molecule is CS(=O)CCNCc1cccc(Cl)c1F. The smallest absolute Gasteiger partial charge is 0.146 e. The molecule has 1 aromatic carbocycles. The minimum absolute atomic E-state index is 0.133. The van der Waals surface area contributed by atoms with Crippen LogP contribution in [0.2, 0.25) is 5.02 Å². The number of halogens is 2. The lowest BCUT2D eigenvalue weighted by Gasteiger charge is -2.05. The van der Waals surface area contributed by atoms with Gasteiger partial charge in [-0.05, 0) is 6.07 Å². The lowest BCUT2D eigenvalue weighted by molar-refractivity contribution is 0.594. The minimum atomic E-state index is -0.816. The summed E-state index contributed by atoms with van der Waals surface area (Å²) in [6.07, 6.45) is 1.64. The third-order valence-corrected chi connectivity index (χ3v) is 2.98. The third-order valence-electron chi connectivity index (χ3n) is 1.91. The number of hydrogen-bond donors (Lipinski definition) is 1. The van der Waals surface area contributed by atoms with Crippen LogP contribution in [0.4, 0.5) is 4.39 Å². The Balaban J connectivity index is 2.44. The monoisotopic (exact) mass is 249 g/mol. The van der Waals surface area contributed by atoms with Crippen molar-refractivity contribution >= 4 is 22.4 Å². The molecular formula is C10H13ClFNOS.